The van der Waals surface area contributed by atoms with Crippen molar-refractivity contribution >= 4 is 32.7 Å². The predicted molar refractivity (Wildman–Crippen MR) is 83.4 cm³/mol. The van der Waals surface area contributed by atoms with Crippen molar-refractivity contribution in [1.82, 2.24) is 0 Å². The number of carbonyl (C=O) groups is 2. The summed E-state index contributed by atoms with van der Waals surface area (Å²) in [4.78, 5) is 18.4. The quantitative estimate of drug-likeness (QED) is 0.682. The number of benzene rings is 2. The molecule has 0 aliphatic heterocycles. The van der Waals surface area contributed by atoms with Crippen LogP contribution in [0.3, 0.4) is 0 Å². The van der Waals surface area contributed by atoms with E-state index in [-0.39, 0.29) is 9.99 Å². The van der Waals surface area contributed by atoms with Crippen LogP contribution in [-0.2, 0) is 19.4 Å². The fraction of sp³-hybridized carbons (Fsp3) is 0. The van der Waals surface area contributed by atoms with Gasteiger partial charge in [0, 0.05) is 11.5 Å². The van der Waals surface area contributed by atoms with Crippen LogP contribution in [0.25, 0.3) is 11.0 Å². The average Bonchev–Trinajstić information content (AvgIpc) is 3.01. The SMILES string of the molecule is O=C(O)C(=O)O.O=S(=O)(c1ccccc1)c1cc2ccccc2o1. The van der Waals surface area contributed by atoms with Crippen LogP contribution in [0.4, 0.5) is 0 Å². The van der Waals surface area contributed by atoms with Gasteiger partial charge in [0.1, 0.15) is 5.58 Å². The van der Waals surface area contributed by atoms with Crippen molar-refractivity contribution in [3.63, 3.8) is 0 Å². The second kappa shape index (κ2) is 6.97. The number of aliphatic carboxylic acids is 2. The van der Waals surface area contributed by atoms with Gasteiger partial charge < -0.3 is 14.6 Å². The summed E-state index contributed by atoms with van der Waals surface area (Å²) in [7, 11) is -3.57. The normalized spacial score (nSPS) is 10.7. The van der Waals surface area contributed by atoms with Gasteiger partial charge in [-0.05, 0) is 18.2 Å². The molecule has 0 bridgehead atoms. The molecule has 0 unspecified atom stereocenters. The van der Waals surface area contributed by atoms with Crippen LogP contribution >= 0.6 is 0 Å². The topological polar surface area (TPSA) is 122 Å². The third-order valence-corrected chi connectivity index (χ3v) is 4.53. The van der Waals surface area contributed by atoms with Gasteiger partial charge >= 0.3 is 11.9 Å². The van der Waals surface area contributed by atoms with E-state index >= 15 is 0 Å². The maximum Gasteiger partial charge on any atom is 0.414 e. The van der Waals surface area contributed by atoms with E-state index in [1.807, 2.05) is 18.2 Å². The Morgan fingerprint density at radius 2 is 1.38 bits per heavy atom. The molecule has 0 fully saturated rings. The molecule has 3 rings (SSSR count). The Morgan fingerprint density at radius 3 is 1.92 bits per heavy atom. The summed E-state index contributed by atoms with van der Waals surface area (Å²) in [5, 5.41) is 15.5. The molecule has 0 radical (unpaired) electrons. The number of carboxylic acid groups (broad SMARTS) is 2. The number of fused-ring (bicyclic) bond motifs is 1. The van der Waals surface area contributed by atoms with Crippen LogP contribution in [0.15, 0.2) is 75.1 Å². The lowest BCUT2D eigenvalue weighted by Crippen LogP contribution is -2.09. The molecule has 7 nitrogen and oxygen atoms in total. The first-order valence-electron chi connectivity index (χ1n) is 6.57. The highest BCUT2D eigenvalue weighted by molar-refractivity contribution is 7.91. The molecular formula is C16H12O7S. The molecule has 0 atom stereocenters. The second-order valence-electron chi connectivity index (χ2n) is 4.53. The van der Waals surface area contributed by atoms with Gasteiger partial charge in [-0.15, -0.1) is 0 Å². The van der Waals surface area contributed by atoms with Crippen LogP contribution in [0.1, 0.15) is 0 Å². The zero-order chi connectivity index (χ0) is 17.7. The van der Waals surface area contributed by atoms with Gasteiger partial charge in [-0.3, -0.25) is 0 Å². The Kier molecular flexibility index (Phi) is 5.00. The first-order chi connectivity index (χ1) is 11.3. The van der Waals surface area contributed by atoms with Crippen LogP contribution < -0.4 is 0 Å². The zero-order valence-electron chi connectivity index (χ0n) is 12.1. The van der Waals surface area contributed by atoms with E-state index in [1.54, 1.807) is 42.5 Å². The smallest absolute Gasteiger partial charge is 0.414 e. The summed E-state index contributed by atoms with van der Waals surface area (Å²) in [5.74, 6) is -3.65. The lowest BCUT2D eigenvalue weighted by atomic mass is 10.3. The molecular weight excluding hydrogens is 336 g/mol. The third-order valence-electron chi connectivity index (χ3n) is 2.90. The van der Waals surface area contributed by atoms with E-state index in [0.717, 1.165) is 5.39 Å². The molecule has 124 valence electrons. The van der Waals surface area contributed by atoms with E-state index in [1.165, 1.54) is 0 Å². The first kappa shape index (κ1) is 17.2. The fourth-order valence-electron chi connectivity index (χ4n) is 1.81. The van der Waals surface area contributed by atoms with Gasteiger partial charge in [-0.2, -0.15) is 0 Å². The summed E-state index contributed by atoms with van der Waals surface area (Å²) in [5.41, 5.74) is 0.576. The number of para-hydroxylation sites is 1. The van der Waals surface area contributed by atoms with Crippen LogP contribution in [0.5, 0.6) is 0 Å². The maximum absolute atomic E-state index is 12.3. The van der Waals surface area contributed by atoms with Crippen molar-refractivity contribution in [2.24, 2.45) is 0 Å². The molecule has 0 aliphatic carbocycles. The highest BCUT2D eigenvalue weighted by Gasteiger charge is 2.21. The van der Waals surface area contributed by atoms with Gasteiger partial charge in [-0.1, -0.05) is 36.4 Å². The maximum atomic E-state index is 12.3. The molecule has 24 heavy (non-hydrogen) atoms. The average molecular weight is 348 g/mol. The minimum absolute atomic E-state index is 0.0186. The van der Waals surface area contributed by atoms with Crippen molar-refractivity contribution < 1.29 is 32.6 Å². The lowest BCUT2D eigenvalue weighted by Gasteiger charge is -1.99. The number of furan rings is 1. The minimum Gasteiger partial charge on any atom is -0.473 e. The summed E-state index contributed by atoms with van der Waals surface area (Å²) >= 11 is 0. The number of sulfone groups is 1. The number of rotatable bonds is 2. The van der Waals surface area contributed by atoms with Crippen LogP contribution in [0.2, 0.25) is 0 Å². The van der Waals surface area contributed by atoms with E-state index < -0.39 is 21.8 Å². The monoisotopic (exact) mass is 348 g/mol. The van der Waals surface area contributed by atoms with Crippen molar-refractivity contribution in [3.05, 3.63) is 60.7 Å². The third kappa shape index (κ3) is 3.79. The summed E-state index contributed by atoms with van der Waals surface area (Å²) in [6.45, 7) is 0. The predicted octanol–water partition coefficient (Wildman–Crippen LogP) is 2.42. The second-order valence-corrected chi connectivity index (χ2v) is 6.41. The largest absolute Gasteiger partial charge is 0.473 e. The molecule has 1 heterocycles. The molecule has 8 heteroatoms. The molecule has 1 aromatic heterocycles. The highest BCUT2D eigenvalue weighted by Crippen LogP contribution is 2.27. The number of hydrogen-bond donors (Lipinski definition) is 2. The minimum atomic E-state index is -3.57. The zero-order valence-corrected chi connectivity index (χ0v) is 12.9. The van der Waals surface area contributed by atoms with Crippen LogP contribution in [-0.4, -0.2) is 30.6 Å². The van der Waals surface area contributed by atoms with Gasteiger partial charge in [0.15, 0.2) is 0 Å². The van der Waals surface area contributed by atoms with Gasteiger partial charge in [0.25, 0.3) is 0 Å². The van der Waals surface area contributed by atoms with Crippen molar-refractivity contribution in [2.75, 3.05) is 0 Å². The Bertz CT molecular complexity index is 927. The number of hydrogen-bond acceptors (Lipinski definition) is 5. The van der Waals surface area contributed by atoms with E-state index in [0.29, 0.717) is 5.58 Å². The van der Waals surface area contributed by atoms with Gasteiger partial charge in [0.2, 0.25) is 14.9 Å². The number of carboxylic acids is 2. The van der Waals surface area contributed by atoms with Crippen molar-refractivity contribution in [3.8, 4) is 0 Å². The highest BCUT2D eigenvalue weighted by atomic mass is 32.2. The molecule has 0 saturated carbocycles. The standard InChI is InChI=1S/C14H10O3S.C2H2O4/c15-18(16,12-7-2-1-3-8-12)14-10-11-6-4-5-9-13(11)17-14;3-1(4)2(5)6/h1-10H;(H,3,4)(H,5,6). The first-order valence-corrected chi connectivity index (χ1v) is 8.05. The van der Waals surface area contributed by atoms with Crippen molar-refractivity contribution in [2.45, 2.75) is 9.99 Å². The van der Waals surface area contributed by atoms with Crippen molar-refractivity contribution in [1.29, 1.82) is 0 Å². The molecule has 2 aromatic carbocycles. The summed E-state index contributed by atoms with van der Waals surface area (Å²) in [6, 6.07) is 17.1. The fourth-order valence-corrected chi connectivity index (χ4v) is 3.04. The molecule has 0 saturated heterocycles. The molecule has 3 aromatic rings. The summed E-state index contributed by atoms with van der Waals surface area (Å²) in [6.07, 6.45) is 0. The van der Waals surface area contributed by atoms with E-state index in [2.05, 4.69) is 0 Å². The molecule has 0 aliphatic rings. The molecule has 0 amide bonds. The summed E-state index contributed by atoms with van der Waals surface area (Å²) < 4.78 is 30.0. The lowest BCUT2D eigenvalue weighted by molar-refractivity contribution is -0.159. The van der Waals surface area contributed by atoms with Gasteiger partial charge in [-0.25, -0.2) is 18.0 Å². The molecule has 0 spiro atoms. The Morgan fingerprint density at radius 1 is 0.833 bits per heavy atom. The Balaban J connectivity index is 0.000000301. The van der Waals surface area contributed by atoms with E-state index in [9.17, 15) is 8.42 Å². The van der Waals surface area contributed by atoms with Crippen LogP contribution in [0, 0.1) is 0 Å². The van der Waals surface area contributed by atoms with E-state index in [4.69, 9.17) is 24.2 Å². The van der Waals surface area contributed by atoms with Gasteiger partial charge in [0.05, 0.1) is 4.90 Å². The molecule has 2 N–H and O–H groups in total. The Labute approximate surface area is 136 Å². The Hall–Kier alpha value is -3.13.